The molecule has 1 aliphatic rings. The molecular formula is C111H171N3O12. The largest absolute Gasteiger partial charge is 0.496 e. The Hall–Kier alpha value is -7.68. The molecule has 0 spiro atoms. The second-order valence-electron chi connectivity index (χ2n) is 40.3. The Morgan fingerprint density at radius 3 is 0.484 bits per heavy atom. The highest BCUT2D eigenvalue weighted by molar-refractivity contribution is 5.63. The molecule has 0 saturated heterocycles. The highest BCUT2D eigenvalue weighted by Gasteiger charge is 2.32. The molecule has 0 N–H and O–H groups in total. The molecule has 0 aliphatic heterocycles. The Labute approximate surface area is 764 Å². The Bertz CT molecular complexity index is 3630. The van der Waals surface area contributed by atoms with Crippen molar-refractivity contribution in [3.05, 3.63) is 187 Å². The van der Waals surface area contributed by atoms with E-state index in [4.69, 9.17) is 28.4 Å². The van der Waals surface area contributed by atoms with Gasteiger partial charge in [0.2, 0.25) is 0 Å². The monoisotopic (exact) mass is 1740 g/mol. The number of fused-ring (bicyclic) bond motifs is 12. The molecule has 702 valence electrons. The smallest absolute Gasteiger partial charge is 0.270 e. The van der Waals surface area contributed by atoms with Gasteiger partial charge in [-0.2, -0.15) is 0 Å². The van der Waals surface area contributed by atoms with Gasteiger partial charge in [-0.25, -0.2) is 0 Å². The summed E-state index contributed by atoms with van der Waals surface area (Å²) in [6, 6.07) is 22.9. The number of hydrogen-bond donors (Lipinski definition) is 0. The number of benzene rings is 6. The SMILES string of the molecule is CCCCCCCCCCCCCCCCCCOc1c2cc([N+](=O)[O-])cc1Cc1cc(C(C)(C)C)cc(c1OC)Cc1cc([N+](=O)[O-])cc(c1OCCCCCCCCCCCCCCCCCC)Cc1cc(C(C)(C)C)cc(c1OC)Cc1cc([N+](=O)[O-])cc(c1OCCCCCCCCCCCCCCCCCC)Cc1cc(C(C)(C)C)cc(c1OC)C2. The highest BCUT2D eigenvalue weighted by Crippen LogP contribution is 2.47. The van der Waals surface area contributed by atoms with Crippen molar-refractivity contribution < 1.29 is 43.2 Å². The summed E-state index contributed by atoms with van der Waals surface area (Å²) in [5.74, 6) is 3.36. The number of hydrogen-bond acceptors (Lipinski definition) is 12. The molecule has 0 fully saturated rings. The van der Waals surface area contributed by atoms with Crippen molar-refractivity contribution in [3.8, 4) is 34.5 Å². The number of nitrogens with zero attached hydrogens (tertiary/aromatic N) is 3. The second-order valence-corrected chi connectivity index (χ2v) is 40.3. The van der Waals surface area contributed by atoms with Gasteiger partial charge in [-0.3, -0.25) is 30.3 Å². The summed E-state index contributed by atoms with van der Waals surface area (Å²) in [5, 5.41) is 41.2. The Morgan fingerprint density at radius 1 is 0.222 bits per heavy atom. The first kappa shape index (κ1) is 105. The zero-order valence-corrected chi connectivity index (χ0v) is 82.0. The minimum atomic E-state index is -0.415. The summed E-state index contributed by atoms with van der Waals surface area (Å²) < 4.78 is 41.7. The average molecular weight is 1740 g/mol. The lowest BCUT2D eigenvalue weighted by molar-refractivity contribution is -0.385. The van der Waals surface area contributed by atoms with E-state index in [1.54, 1.807) is 57.7 Å². The zero-order valence-electron chi connectivity index (χ0n) is 82.0. The van der Waals surface area contributed by atoms with Gasteiger partial charge >= 0.3 is 0 Å². The lowest BCUT2D eigenvalue weighted by Gasteiger charge is -2.26. The minimum absolute atomic E-state index is 0.0878. The van der Waals surface area contributed by atoms with Gasteiger partial charge in [-0.1, -0.05) is 408 Å². The molecule has 6 aromatic carbocycles. The maximum absolute atomic E-state index is 13.7. The number of rotatable bonds is 60. The third-order valence-corrected chi connectivity index (χ3v) is 26.3. The van der Waals surface area contributed by atoms with E-state index in [1.165, 1.54) is 231 Å². The maximum Gasteiger partial charge on any atom is 0.270 e. The summed E-state index contributed by atoms with van der Waals surface area (Å²) in [6.07, 6.45) is 60.4. The van der Waals surface area contributed by atoms with Gasteiger partial charge in [0.05, 0.1) is 55.9 Å². The van der Waals surface area contributed by atoms with Crippen molar-refractivity contribution >= 4 is 17.1 Å². The van der Waals surface area contributed by atoms with Gasteiger partial charge < -0.3 is 28.4 Å². The van der Waals surface area contributed by atoms with Crippen LogP contribution in [0.1, 0.15) is 475 Å². The topological polar surface area (TPSA) is 185 Å². The number of unbranched alkanes of at least 4 members (excludes halogenated alkanes) is 45. The van der Waals surface area contributed by atoms with Crippen LogP contribution in [0.5, 0.6) is 34.5 Å². The van der Waals surface area contributed by atoms with Gasteiger partial charge in [0, 0.05) is 108 Å². The summed E-state index contributed by atoms with van der Waals surface area (Å²) in [4.78, 5) is 40.2. The van der Waals surface area contributed by atoms with Crippen LogP contribution in [0, 0.1) is 30.3 Å². The first-order valence-corrected chi connectivity index (χ1v) is 50.6. The molecule has 0 aromatic heterocycles. The first-order chi connectivity index (χ1) is 60.7. The van der Waals surface area contributed by atoms with Crippen LogP contribution in [0.15, 0.2) is 72.8 Å². The molecule has 0 unspecified atom stereocenters. The van der Waals surface area contributed by atoms with Crippen LogP contribution in [0.25, 0.3) is 0 Å². The summed E-state index contributed by atoms with van der Waals surface area (Å²) >= 11 is 0. The lowest BCUT2D eigenvalue weighted by Crippen LogP contribution is -2.15. The summed E-state index contributed by atoms with van der Waals surface area (Å²) in [7, 11) is 5.00. The van der Waals surface area contributed by atoms with Gasteiger partial charge in [0.25, 0.3) is 17.1 Å². The van der Waals surface area contributed by atoms with E-state index in [1.807, 2.05) is 0 Å². The van der Waals surface area contributed by atoms with Crippen molar-refractivity contribution in [3.63, 3.8) is 0 Å². The van der Waals surface area contributed by atoms with Crippen LogP contribution in [0.3, 0.4) is 0 Å². The van der Waals surface area contributed by atoms with Crippen LogP contribution in [0.4, 0.5) is 17.1 Å². The van der Waals surface area contributed by atoms with E-state index >= 15 is 0 Å². The zero-order chi connectivity index (χ0) is 91.1. The van der Waals surface area contributed by atoms with Gasteiger partial charge in [0.15, 0.2) is 0 Å². The fraction of sp³-hybridized carbons (Fsp3) is 0.676. The predicted molar refractivity (Wildman–Crippen MR) is 526 cm³/mol. The Morgan fingerprint density at radius 2 is 0.357 bits per heavy atom. The standard InChI is InChI=1S/C111H171N3O12/c1-16-19-22-25-28-31-34-37-40-43-46-49-52-55-58-61-64-124-106-91-67-85-73-97(109(4,5)6)75-87(103(85)121-13)69-93-81-101(113(117)118)83-95(107(93)125-65-62-59-56-53-50-47-44-41-38-35-32-29-26-23-20-17-2)71-89-77-99(111(10,11)12)78-90(105(89)123-15)72-96-84-102(114(119)120)82-94(108(96)126-66-63-60-57-54-51-48-45-42-39-36-33-30-27-24-21-18-3)70-88-76-98(110(7,8)9)74-86(104(88)122-14)68-92(106)80-100(79-91)112(115)116/h73-84H,16-72H2,1-15H3. The van der Waals surface area contributed by atoms with Crippen molar-refractivity contribution in [2.45, 2.75) is 446 Å². The molecule has 7 rings (SSSR count). The minimum Gasteiger partial charge on any atom is -0.496 e. The van der Waals surface area contributed by atoms with Crippen LogP contribution in [-0.4, -0.2) is 55.9 Å². The van der Waals surface area contributed by atoms with Crippen molar-refractivity contribution in [1.29, 1.82) is 0 Å². The van der Waals surface area contributed by atoms with Crippen molar-refractivity contribution in [2.24, 2.45) is 0 Å². The summed E-state index contributed by atoms with van der Waals surface area (Å²) in [6.45, 7) is 27.5. The Balaban J connectivity index is 1.37. The van der Waals surface area contributed by atoms with E-state index in [2.05, 4.69) is 119 Å². The van der Waals surface area contributed by atoms with E-state index in [0.717, 1.165) is 127 Å². The van der Waals surface area contributed by atoms with Crippen LogP contribution < -0.4 is 28.4 Å². The predicted octanol–water partition coefficient (Wildman–Crippen LogP) is 33.1. The molecule has 0 heterocycles. The number of ether oxygens (including phenoxy) is 6. The highest BCUT2D eigenvalue weighted by atomic mass is 16.6. The average Bonchev–Trinajstić information content (AvgIpc) is 0.779. The molecule has 6 aromatic rings. The third kappa shape index (κ3) is 36.7. The molecule has 15 heteroatoms. The van der Waals surface area contributed by atoms with Crippen LogP contribution in [0.2, 0.25) is 0 Å². The normalized spacial score (nSPS) is 12.6. The third-order valence-electron chi connectivity index (χ3n) is 26.3. The molecule has 0 radical (unpaired) electrons. The van der Waals surface area contributed by atoms with Crippen molar-refractivity contribution in [2.75, 3.05) is 41.2 Å². The molecule has 0 atom stereocenters. The molecule has 12 bridgehead atoms. The molecular weight excluding hydrogens is 1570 g/mol. The van der Waals surface area contributed by atoms with Crippen molar-refractivity contribution in [1.82, 2.24) is 0 Å². The molecule has 15 nitrogen and oxygen atoms in total. The Kier molecular flexibility index (Phi) is 48.0. The number of non-ortho nitro benzene ring substituents is 3. The fourth-order valence-corrected chi connectivity index (χ4v) is 18.7. The molecule has 126 heavy (non-hydrogen) atoms. The van der Waals surface area contributed by atoms with Gasteiger partial charge in [-0.05, 0) is 85.6 Å². The van der Waals surface area contributed by atoms with Crippen LogP contribution >= 0.6 is 0 Å². The molecule has 0 saturated carbocycles. The van der Waals surface area contributed by atoms with E-state index < -0.39 is 16.2 Å². The molecule has 0 amide bonds. The van der Waals surface area contributed by atoms with E-state index in [-0.39, 0.29) is 70.4 Å². The van der Waals surface area contributed by atoms with Gasteiger partial charge in [0.1, 0.15) is 34.5 Å². The number of methoxy groups -OCH3 is 3. The number of nitro groups is 3. The quantitative estimate of drug-likeness (QED) is 0.0200. The van der Waals surface area contributed by atoms with Gasteiger partial charge in [-0.15, -0.1) is 0 Å². The maximum atomic E-state index is 13.7. The molecule has 1 aliphatic carbocycles. The first-order valence-electron chi connectivity index (χ1n) is 50.6. The van der Waals surface area contributed by atoms with E-state index in [9.17, 15) is 30.3 Å². The van der Waals surface area contributed by atoms with E-state index in [0.29, 0.717) is 87.7 Å². The van der Waals surface area contributed by atoms with Crippen LogP contribution in [-0.2, 0) is 54.8 Å². The lowest BCUT2D eigenvalue weighted by atomic mass is 9.81. The second kappa shape index (κ2) is 57.4. The number of nitro benzene ring substituents is 3. The fourth-order valence-electron chi connectivity index (χ4n) is 18.7. The summed E-state index contributed by atoms with van der Waals surface area (Å²) in [5.41, 5.74) is 9.88.